The Hall–Kier alpha value is -3.13. The Labute approximate surface area is 189 Å². The molecule has 3 rings (SSSR count). The van der Waals surface area contributed by atoms with E-state index in [0.717, 1.165) is 18.5 Å². The fraction of sp³-hybridized carbons (Fsp3) is 0.333. The second kappa shape index (κ2) is 9.56. The molecule has 0 unspecified atom stereocenters. The Morgan fingerprint density at radius 3 is 2.31 bits per heavy atom. The Morgan fingerprint density at radius 1 is 1.06 bits per heavy atom. The third-order valence-electron chi connectivity index (χ3n) is 4.81. The molecule has 3 aromatic rings. The largest absolute Gasteiger partial charge is 0.462 e. The fourth-order valence-corrected chi connectivity index (χ4v) is 4.46. The second-order valence-electron chi connectivity index (χ2n) is 8.54. The van der Waals surface area contributed by atoms with Crippen LogP contribution in [0, 0.1) is 0 Å². The number of hydrogen-bond acceptors (Lipinski definition) is 5. The van der Waals surface area contributed by atoms with Gasteiger partial charge in [-0.1, -0.05) is 52.3 Å². The summed E-state index contributed by atoms with van der Waals surface area (Å²) in [5.74, 6) is -0.424. The van der Waals surface area contributed by atoms with Gasteiger partial charge in [0.2, 0.25) is 0 Å². The Kier molecular flexibility index (Phi) is 7.03. The van der Waals surface area contributed by atoms with Gasteiger partial charge in [-0.05, 0) is 42.8 Å². The summed E-state index contributed by atoms with van der Waals surface area (Å²) in [5.41, 5.74) is 1.46. The lowest BCUT2D eigenvalue weighted by molar-refractivity contribution is 0.0500. The smallest absolute Gasteiger partial charge is 0.338 e. The van der Waals surface area contributed by atoms with Crippen molar-refractivity contribution in [3.8, 4) is 5.69 Å². The summed E-state index contributed by atoms with van der Waals surface area (Å²) >= 11 is 0. The monoisotopic (exact) mass is 455 g/mol. The maximum Gasteiger partial charge on any atom is 0.338 e. The minimum absolute atomic E-state index is 0.108. The molecule has 0 aliphatic carbocycles. The molecule has 0 aliphatic rings. The number of unbranched alkanes of at least 4 members (excludes halogenated alkanes) is 1. The van der Waals surface area contributed by atoms with Crippen molar-refractivity contribution in [2.45, 2.75) is 50.8 Å². The summed E-state index contributed by atoms with van der Waals surface area (Å²) in [6, 6.07) is 15.5. The van der Waals surface area contributed by atoms with Crippen LogP contribution in [0.25, 0.3) is 5.69 Å². The first kappa shape index (κ1) is 23.5. The second-order valence-corrected chi connectivity index (χ2v) is 10.2. The zero-order valence-corrected chi connectivity index (χ0v) is 19.6. The number of hydrogen-bond donors (Lipinski definition) is 1. The van der Waals surface area contributed by atoms with Gasteiger partial charge >= 0.3 is 5.97 Å². The molecule has 0 bridgehead atoms. The molecule has 1 N–H and O–H groups in total. The summed E-state index contributed by atoms with van der Waals surface area (Å²) in [6.45, 7) is 8.14. The summed E-state index contributed by atoms with van der Waals surface area (Å²) in [5, 5.41) is 4.57. The van der Waals surface area contributed by atoms with Crippen molar-refractivity contribution in [2.75, 3.05) is 11.3 Å². The van der Waals surface area contributed by atoms with Crippen LogP contribution < -0.4 is 4.72 Å². The van der Waals surface area contributed by atoms with E-state index in [0.29, 0.717) is 23.6 Å². The number of aromatic nitrogens is 2. The number of nitrogens with one attached hydrogen (secondary N) is 1. The lowest BCUT2D eigenvalue weighted by atomic mass is 9.92. The number of sulfonamides is 1. The van der Waals surface area contributed by atoms with Crippen molar-refractivity contribution in [1.82, 2.24) is 9.78 Å². The van der Waals surface area contributed by atoms with E-state index in [9.17, 15) is 13.2 Å². The first-order valence-electron chi connectivity index (χ1n) is 10.6. The van der Waals surface area contributed by atoms with E-state index in [1.807, 2.05) is 58.0 Å². The number of para-hydroxylation sites is 1. The number of carbonyl (C=O) groups excluding carboxylic acids is 1. The predicted octanol–water partition coefficient (Wildman–Crippen LogP) is 4.93. The molecule has 1 heterocycles. The number of ether oxygens (including phenoxy) is 1. The molecule has 0 aliphatic heterocycles. The van der Waals surface area contributed by atoms with Crippen LogP contribution in [0.4, 0.5) is 5.69 Å². The number of anilines is 1. The first-order chi connectivity index (χ1) is 15.1. The Morgan fingerprint density at radius 2 is 1.72 bits per heavy atom. The minimum Gasteiger partial charge on any atom is -0.462 e. The summed E-state index contributed by atoms with van der Waals surface area (Å²) < 4.78 is 35.9. The topological polar surface area (TPSA) is 90.3 Å². The number of nitrogens with zero attached hydrogens (tertiary/aromatic N) is 2. The van der Waals surface area contributed by atoms with Gasteiger partial charge in [-0.3, -0.25) is 4.72 Å². The predicted molar refractivity (Wildman–Crippen MR) is 125 cm³/mol. The minimum atomic E-state index is -3.91. The van der Waals surface area contributed by atoms with Crippen LogP contribution in [0.5, 0.6) is 0 Å². The number of carbonyl (C=O) groups is 1. The van der Waals surface area contributed by atoms with E-state index < -0.39 is 21.4 Å². The zero-order valence-electron chi connectivity index (χ0n) is 18.8. The van der Waals surface area contributed by atoms with Gasteiger partial charge in [-0.25, -0.2) is 17.9 Å². The highest BCUT2D eigenvalue weighted by molar-refractivity contribution is 7.92. The van der Waals surface area contributed by atoms with E-state index in [1.54, 1.807) is 28.9 Å². The van der Waals surface area contributed by atoms with Crippen LogP contribution in [0.2, 0.25) is 0 Å². The van der Waals surface area contributed by atoms with Gasteiger partial charge in [0.25, 0.3) is 10.0 Å². The molecule has 0 fully saturated rings. The lowest BCUT2D eigenvalue weighted by Gasteiger charge is -2.18. The molecule has 0 spiro atoms. The zero-order chi connectivity index (χ0) is 23.4. The highest BCUT2D eigenvalue weighted by Gasteiger charge is 2.30. The van der Waals surface area contributed by atoms with Crippen molar-refractivity contribution >= 4 is 21.7 Å². The summed E-state index contributed by atoms with van der Waals surface area (Å²) in [7, 11) is -3.91. The number of rotatable bonds is 8. The fourth-order valence-electron chi connectivity index (χ4n) is 3.06. The molecule has 2 aromatic carbocycles. The number of esters is 1. The average Bonchev–Trinajstić information content (AvgIpc) is 3.22. The third kappa shape index (κ3) is 5.56. The van der Waals surface area contributed by atoms with E-state index in [2.05, 4.69) is 9.82 Å². The highest BCUT2D eigenvalue weighted by atomic mass is 32.2. The van der Waals surface area contributed by atoms with Gasteiger partial charge < -0.3 is 4.74 Å². The van der Waals surface area contributed by atoms with Gasteiger partial charge in [-0.15, -0.1) is 0 Å². The van der Waals surface area contributed by atoms with Crippen LogP contribution in [-0.2, 0) is 20.2 Å². The average molecular weight is 456 g/mol. The molecule has 7 nitrogen and oxygen atoms in total. The van der Waals surface area contributed by atoms with E-state index in [4.69, 9.17) is 4.74 Å². The van der Waals surface area contributed by atoms with Crippen LogP contribution in [0.15, 0.2) is 65.7 Å². The standard InChI is InChI=1S/C24H29N3O4S/c1-5-6-16-31-23(28)18-12-14-19(15-13-18)26-32(29,30)21-17-27(20-10-8-7-9-11-20)25-22(21)24(2,3)4/h7-15,17,26H,5-6,16H2,1-4H3. The van der Waals surface area contributed by atoms with Gasteiger partial charge in [0.1, 0.15) is 4.90 Å². The number of benzene rings is 2. The van der Waals surface area contributed by atoms with Crippen molar-refractivity contribution in [2.24, 2.45) is 0 Å². The van der Waals surface area contributed by atoms with Gasteiger partial charge in [0.15, 0.2) is 0 Å². The van der Waals surface area contributed by atoms with Crippen LogP contribution in [0.3, 0.4) is 0 Å². The molecule has 32 heavy (non-hydrogen) atoms. The molecule has 170 valence electrons. The van der Waals surface area contributed by atoms with Crippen molar-refractivity contribution in [3.05, 3.63) is 72.1 Å². The summed E-state index contributed by atoms with van der Waals surface area (Å²) in [4.78, 5) is 12.2. The SMILES string of the molecule is CCCCOC(=O)c1ccc(NS(=O)(=O)c2cn(-c3ccccc3)nc2C(C)(C)C)cc1. The Bertz CT molecular complexity index is 1160. The van der Waals surface area contributed by atoms with Crippen molar-refractivity contribution in [3.63, 3.8) is 0 Å². The van der Waals surface area contributed by atoms with E-state index in [-0.39, 0.29) is 4.90 Å². The van der Waals surface area contributed by atoms with Gasteiger partial charge in [0, 0.05) is 11.1 Å². The van der Waals surface area contributed by atoms with Crippen molar-refractivity contribution in [1.29, 1.82) is 0 Å². The van der Waals surface area contributed by atoms with Crippen molar-refractivity contribution < 1.29 is 17.9 Å². The van der Waals surface area contributed by atoms with E-state index >= 15 is 0 Å². The normalized spacial score (nSPS) is 11.9. The Balaban J connectivity index is 1.86. The molecule has 0 amide bonds. The molecular weight excluding hydrogens is 426 g/mol. The molecule has 0 radical (unpaired) electrons. The summed E-state index contributed by atoms with van der Waals surface area (Å²) in [6.07, 6.45) is 3.26. The van der Waals surface area contributed by atoms with Gasteiger partial charge in [0.05, 0.1) is 29.7 Å². The highest BCUT2D eigenvalue weighted by Crippen LogP contribution is 2.30. The maximum atomic E-state index is 13.3. The van der Waals surface area contributed by atoms with Crippen LogP contribution in [-0.4, -0.2) is 30.8 Å². The van der Waals surface area contributed by atoms with Gasteiger partial charge in [-0.2, -0.15) is 5.10 Å². The maximum absolute atomic E-state index is 13.3. The lowest BCUT2D eigenvalue weighted by Crippen LogP contribution is -2.20. The third-order valence-corrected chi connectivity index (χ3v) is 6.19. The quantitative estimate of drug-likeness (QED) is 0.384. The molecular formula is C24H29N3O4S. The molecule has 0 atom stereocenters. The van der Waals surface area contributed by atoms with Crippen LogP contribution >= 0.6 is 0 Å². The molecule has 8 heteroatoms. The molecule has 0 saturated carbocycles. The van der Waals surface area contributed by atoms with E-state index in [1.165, 1.54) is 6.20 Å². The first-order valence-corrected chi connectivity index (χ1v) is 12.1. The molecule has 0 saturated heterocycles. The van der Waals surface area contributed by atoms with Crippen LogP contribution in [0.1, 0.15) is 56.6 Å². The molecule has 1 aromatic heterocycles.